The Balaban J connectivity index is 2.35. The lowest BCUT2D eigenvalue weighted by Crippen LogP contribution is -1.96. The number of aromatic nitrogens is 1. The summed E-state index contributed by atoms with van der Waals surface area (Å²) >= 11 is 0. The maximum atomic E-state index is 11.3. The fourth-order valence-electron chi connectivity index (χ4n) is 1.42. The molecule has 0 amide bonds. The molecule has 1 aromatic heterocycles. The first kappa shape index (κ1) is 11.8. The molecule has 1 heterocycles. The third-order valence-corrected chi connectivity index (χ3v) is 3.47. The van der Waals surface area contributed by atoms with Crippen LogP contribution >= 0.6 is 0 Å². The molecule has 1 aromatic carbocycles. The lowest BCUT2D eigenvalue weighted by Gasteiger charge is -1.99. The summed E-state index contributed by atoms with van der Waals surface area (Å²) < 4.78 is 27.5. The zero-order valence-corrected chi connectivity index (χ0v) is 10.1. The summed E-state index contributed by atoms with van der Waals surface area (Å²) in [4.78, 5) is 0.281. The topological polar surface area (TPSA) is 86.2 Å². The van der Waals surface area contributed by atoms with Gasteiger partial charge in [-0.05, 0) is 12.1 Å². The molecule has 5 nitrogen and oxygen atoms in total. The van der Waals surface area contributed by atoms with Gasteiger partial charge >= 0.3 is 0 Å². The number of nitrogens with two attached hydrogens (primary N) is 1. The first-order valence-corrected chi connectivity index (χ1v) is 6.86. The van der Waals surface area contributed by atoms with Gasteiger partial charge in [0, 0.05) is 17.9 Å². The molecular formula is C11H12N2O3S. The minimum Gasteiger partial charge on any atom is -0.359 e. The van der Waals surface area contributed by atoms with Crippen LogP contribution in [0.25, 0.3) is 11.3 Å². The molecule has 0 saturated carbocycles. The van der Waals surface area contributed by atoms with Gasteiger partial charge in [0.2, 0.25) is 0 Å². The molecule has 0 radical (unpaired) electrons. The van der Waals surface area contributed by atoms with Crippen LogP contribution in [-0.4, -0.2) is 19.8 Å². The molecule has 6 heteroatoms. The molecule has 0 atom stereocenters. The van der Waals surface area contributed by atoms with Crippen molar-refractivity contribution in [1.82, 2.24) is 5.16 Å². The van der Waals surface area contributed by atoms with Crippen LogP contribution in [0.5, 0.6) is 0 Å². The lowest BCUT2D eigenvalue weighted by molar-refractivity contribution is 0.387. The van der Waals surface area contributed by atoms with Crippen molar-refractivity contribution in [3.8, 4) is 11.3 Å². The fraction of sp³-hybridized carbons (Fsp3) is 0.182. The highest BCUT2D eigenvalue weighted by Crippen LogP contribution is 2.20. The Morgan fingerprint density at radius 3 is 2.41 bits per heavy atom. The molecule has 0 unspecified atom stereocenters. The smallest absolute Gasteiger partial charge is 0.175 e. The molecule has 0 bridgehead atoms. The van der Waals surface area contributed by atoms with Gasteiger partial charge in [-0.15, -0.1) is 0 Å². The highest BCUT2D eigenvalue weighted by Gasteiger charge is 2.09. The predicted octanol–water partition coefficient (Wildman–Crippen LogP) is 1.20. The number of hydrogen-bond donors (Lipinski definition) is 1. The van der Waals surface area contributed by atoms with Gasteiger partial charge in [-0.2, -0.15) is 0 Å². The Morgan fingerprint density at radius 1 is 1.29 bits per heavy atom. The van der Waals surface area contributed by atoms with Crippen LogP contribution in [0, 0.1) is 0 Å². The third kappa shape index (κ3) is 2.54. The van der Waals surface area contributed by atoms with Gasteiger partial charge in [0.15, 0.2) is 15.6 Å². The number of nitrogens with zero attached hydrogens (tertiary/aromatic N) is 1. The maximum absolute atomic E-state index is 11.3. The zero-order valence-electron chi connectivity index (χ0n) is 9.25. The van der Waals surface area contributed by atoms with Crippen molar-refractivity contribution in [3.05, 3.63) is 36.1 Å². The lowest BCUT2D eigenvalue weighted by atomic mass is 10.1. The molecular weight excluding hydrogens is 240 g/mol. The molecule has 90 valence electrons. The van der Waals surface area contributed by atoms with E-state index in [1.807, 2.05) is 0 Å². The van der Waals surface area contributed by atoms with Gasteiger partial charge in [0.1, 0.15) is 5.69 Å². The molecule has 0 aliphatic carbocycles. The second-order valence-corrected chi connectivity index (χ2v) is 5.69. The van der Waals surface area contributed by atoms with E-state index >= 15 is 0 Å². The Hall–Kier alpha value is -1.66. The van der Waals surface area contributed by atoms with Crippen molar-refractivity contribution < 1.29 is 12.9 Å². The second kappa shape index (κ2) is 4.31. The summed E-state index contributed by atoms with van der Waals surface area (Å²) in [6.07, 6.45) is 1.17. The zero-order chi connectivity index (χ0) is 12.5. The minimum absolute atomic E-state index is 0.281. The van der Waals surface area contributed by atoms with Crippen LogP contribution in [0.2, 0.25) is 0 Å². The molecule has 17 heavy (non-hydrogen) atoms. The SMILES string of the molecule is CS(=O)(=O)c1ccc(-c2cc(CN)on2)cc1. The monoisotopic (exact) mass is 252 g/mol. The standard InChI is InChI=1S/C11H12N2O3S/c1-17(14,15)10-4-2-8(3-5-10)11-6-9(7-12)16-13-11/h2-6H,7,12H2,1H3. The number of rotatable bonds is 3. The van der Waals surface area contributed by atoms with Crippen LogP contribution in [0.1, 0.15) is 5.76 Å². The van der Waals surface area contributed by atoms with E-state index in [0.29, 0.717) is 11.5 Å². The van der Waals surface area contributed by atoms with Gasteiger partial charge in [0.05, 0.1) is 11.4 Å². The molecule has 2 N–H and O–H groups in total. The molecule has 0 aliphatic heterocycles. The van der Waals surface area contributed by atoms with E-state index in [1.54, 1.807) is 30.3 Å². The first-order valence-electron chi connectivity index (χ1n) is 4.97. The normalized spacial score (nSPS) is 11.6. The highest BCUT2D eigenvalue weighted by molar-refractivity contribution is 7.90. The third-order valence-electron chi connectivity index (χ3n) is 2.34. The molecule has 0 spiro atoms. The van der Waals surface area contributed by atoms with Crippen molar-refractivity contribution >= 4 is 9.84 Å². The van der Waals surface area contributed by atoms with Crippen molar-refractivity contribution in [1.29, 1.82) is 0 Å². The summed E-state index contributed by atoms with van der Waals surface area (Å²) in [6, 6.07) is 8.20. The number of hydrogen-bond acceptors (Lipinski definition) is 5. The fourth-order valence-corrected chi connectivity index (χ4v) is 2.05. The Kier molecular flexibility index (Phi) is 2.99. The number of sulfone groups is 1. The van der Waals surface area contributed by atoms with E-state index in [-0.39, 0.29) is 11.4 Å². The van der Waals surface area contributed by atoms with Crippen molar-refractivity contribution in [2.45, 2.75) is 11.4 Å². The molecule has 0 saturated heterocycles. The van der Waals surface area contributed by atoms with E-state index in [9.17, 15) is 8.42 Å². The van der Waals surface area contributed by atoms with Gasteiger partial charge in [-0.3, -0.25) is 0 Å². The van der Waals surface area contributed by atoms with Crippen LogP contribution in [0.3, 0.4) is 0 Å². The molecule has 2 rings (SSSR count). The average molecular weight is 252 g/mol. The molecule has 0 fully saturated rings. The summed E-state index contributed by atoms with van der Waals surface area (Å²) in [5.41, 5.74) is 6.85. The summed E-state index contributed by atoms with van der Waals surface area (Å²) in [7, 11) is -3.17. The molecule has 2 aromatic rings. The minimum atomic E-state index is -3.17. The summed E-state index contributed by atoms with van der Waals surface area (Å²) in [5.74, 6) is 0.590. The maximum Gasteiger partial charge on any atom is 0.175 e. The van der Waals surface area contributed by atoms with Gasteiger partial charge in [-0.1, -0.05) is 17.3 Å². The van der Waals surface area contributed by atoms with E-state index in [0.717, 1.165) is 5.56 Å². The second-order valence-electron chi connectivity index (χ2n) is 3.68. The van der Waals surface area contributed by atoms with E-state index in [1.165, 1.54) is 6.26 Å². The molecule has 0 aliphatic rings. The van der Waals surface area contributed by atoms with Crippen LogP contribution in [0.4, 0.5) is 0 Å². The van der Waals surface area contributed by atoms with Gasteiger partial charge in [-0.25, -0.2) is 8.42 Å². The summed E-state index contributed by atoms with van der Waals surface area (Å²) in [6.45, 7) is 0.286. The van der Waals surface area contributed by atoms with Gasteiger partial charge < -0.3 is 10.3 Å². The highest BCUT2D eigenvalue weighted by atomic mass is 32.2. The van der Waals surface area contributed by atoms with Crippen molar-refractivity contribution in [2.75, 3.05) is 6.26 Å². The van der Waals surface area contributed by atoms with Gasteiger partial charge in [0.25, 0.3) is 0 Å². The Morgan fingerprint density at radius 2 is 1.94 bits per heavy atom. The largest absolute Gasteiger partial charge is 0.359 e. The number of benzene rings is 1. The van der Waals surface area contributed by atoms with E-state index < -0.39 is 9.84 Å². The quantitative estimate of drug-likeness (QED) is 0.887. The van der Waals surface area contributed by atoms with Crippen LogP contribution < -0.4 is 5.73 Å². The Labute approximate surface area is 99.1 Å². The van der Waals surface area contributed by atoms with E-state index in [2.05, 4.69) is 5.16 Å². The van der Waals surface area contributed by atoms with Crippen LogP contribution in [0.15, 0.2) is 39.8 Å². The van der Waals surface area contributed by atoms with E-state index in [4.69, 9.17) is 10.3 Å². The predicted molar refractivity (Wildman–Crippen MR) is 62.9 cm³/mol. The Bertz CT molecular complexity index is 614. The first-order chi connectivity index (χ1) is 8.00. The van der Waals surface area contributed by atoms with Crippen molar-refractivity contribution in [3.63, 3.8) is 0 Å². The van der Waals surface area contributed by atoms with Crippen LogP contribution in [-0.2, 0) is 16.4 Å². The van der Waals surface area contributed by atoms with Crippen molar-refractivity contribution in [2.24, 2.45) is 5.73 Å². The summed E-state index contributed by atoms with van der Waals surface area (Å²) in [5, 5.41) is 3.84. The average Bonchev–Trinajstić information content (AvgIpc) is 2.76.